The van der Waals surface area contributed by atoms with Crippen LogP contribution < -0.4 is 10.2 Å². The standard InChI is InChI=1S/C20H23N5O/c1-2-8-21-20(26)25-13-16-11-24(12-17(16)14-25)19-10-22-18(9-23-19)15-6-4-3-5-7-15/h2-7,9-10,16-17H,1,8,11-14H2,(H,21,26). The van der Waals surface area contributed by atoms with E-state index in [0.717, 1.165) is 43.3 Å². The van der Waals surface area contributed by atoms with Crippen molar-refractivity contribution in [1.29, 1.82) is 0 Å². The first-order valence-electron chi connectivity index (χ1n) is 9.00. The van der Waals surface area contributed by atoms with E-state index < -0.39 is 0 Å². The van der Waals surface area contributed by atoms with E-state index in [4.69, 9.17) is 0 Å². The third-order valence-electron chi connectivity index (χ3n) is 5.20. The molecule has 0 aliphatic carbocycles. The second kappa shape index (κ2) is 7.15. The Morgan fingerprint density at radius 1 is 1.12 bits per heavy atom. The van der Waals surface area contributed by atoms with Crippen LogP contribution in [0.5, 0.6) is 0 Å². The van der Waals surface area contributed by atoms with E-state index >= 15 is 0 Å². The normalized spacial score (nSPS) is 21.5. The average molecular weight is 349 g/mol. The first-order chi connectivity index (χ1) is 12.7. The van der Waals surface area contributed by atoms with Crippen molar-refractivity contribution >= 4 is 11.8 Å². The summed E-state index contributed by atoms with van der Waals surface area (Å²) in [7, 11) is 0. The fourth-order valence-corrected chi connectivity index (χ4v) is 3.86. The Bertz CT molecular complexity index is 763. The van der Waals surface area contributed by atoms with Gasteiger partial charge in [-0.2, -0.15) is 0 Å². The highest BCUT2D eigenvalue weighted by Crippen LogP contribution is 2.33. The average Bonchev–Trinajstić information content (AvgIpc) is 3.26. The maximum absolute atomic E-state index is 12.1. The number of carbonyl (C=O) groups excluding carboxylic acids is 1. The first kappa shape index (κ1) is 16.6. The molecule has 0 bridgehead atoms. The maximum atomic E-state index is 12.1. The number of amides is 2. The number of hydrogen-bond donors (Lipinski definition) is 1. The van der Waals surface area contributed by atoms with Crippen LogP contribution in [-0.2, 0) is 0 Å². The molecule has 0 saturated carbocycles. The zero-order valence-electron chi connectivity index (χ0n) is 14.7. The number of hydrogen-bond acceptors (Lipinski definition) is 4. The van der Waals surface area contributed by atoms with Gasteiger partial charge in [0.25, 0.3) is 0 Å². The summed E-state index contributed by atoms with van der Waals surface area (Å²) in [5, 5.41) is 2.86. The molecule has 1 aromatic carbocycles. The Labute approximate surface area is 153 Å². The summed E-state index contributed by atoms with van der Waals surface area (Å²) in [5.41, 5.74) is 1.96. The minimum atomic E-state index is 0.0119. The zero-order valence-corrected chi connectivity index (χ0v) is 14.7. The molecule has 4 rings (SSSR count). The van der Waals surface area contributed by atoms with Gasteiger partial charge in [-0.3, -0.25) is 4.98 Å². The largest absolute Gasteiger partial charge is 0.355 e. The smallest absolute Gasteiger partial charge is 0.317 e. The van der Waals surface area contributed by atoms with E-state index in [2.05, 4.69) is 26.8 Å². The third-order valence-corrected chi connectivity index (χ3v) is 5.20. The summed E-state index contributed by atoms with van der Waals surface area (Å²) in [5.74, 6) is 1.92. The van der Waals surface area contributed by atoms with E-state index in [0.29, 0.717) is 18.4 Å². The molecule has 2 saturated heterocycles. The number of likely N-dealkylation sites (tertiary alicyclic amines) is 1. The van der Waals surface area contributed by atoms with Gasteiger partial charge in [0.15, 0.2) is 0 Å². The maximum Gasteiger partial charge on any atom is 0.317 e. The molecule has 2 aliphatic rings. The van der Waals surface area contributed by atoms with Gasteiger partial charge >= 0.3 is 6.03 Å². The predicted molar refractivity (Wildman–Crippen MR) is 102 cm³/mol. The van der Waals surface area contributed by atoms with Crippen molar-refractivity contribution in [1.82, 2.24) is 20.2 Å². The monoisotopic (exact) mass is 349 g/mol. The summed E-state index contributed by atoms with van der Waals surface area (Å²) in [6.45, 7) is 7.61. The summed E-state index contributed by atoms with van der Waals surface area (Å²) in [6.07, 6.45) is 5.40. The van der Waals surface area contributed by atoms with E-state index in [1.54, 1.807) is 6.08 Å². The van der Waals surface area contributed by atoms with Gasteiger partial charge in [0.05, 0.1) is 18.1 Å². The van der Waals surface area contributed by atoms with Gasteiger partial charge in [-0.1, -0.05) is 36.4 Å². The fourth-order valence-electron chi connectivity index (χ4n) is 3.86. The van der Waals surface area contributed by atoms with Crippen LogP contribution in [0.2, 0.25) is 0 Å². The number of fused-ring (bicyclic) bond motifs is 1. The number of aromatic nitrogens is 2. The Morgan fingerprint density at radius 2 is 1.85 bits per heavy atom. The molecule has 1 aromatic heterocycles. The van der Waals surface area contributed by atoms with Crippen LogP contribution in [0.25, 0.3) is 11.3 Å². The summed E-state index contributed by atoms with van der Waals surface area (Å²) in [6, 6.07) is 10.1. The lowest BCUT2D eigenvalue weighted by Crippen LogP contribution is -2.40. The zero-order chi connectivity index (χ0) is 17.9. The van der Waals surface area contributed by atoms with Crippen molar-refractivity contribution in [2.24, 2.45) is 11.8 Å². The van der Waals surface area contributed by atoms with Gasteiger partial charge in [0.2, 0.25) is 0 Å². The minimum absolute atomic E-state index is 0.0119. The fraction of sp³-hybridized carbons (Fsp3) is 0.350. The molecule has 134 valence electrons. The number of nitrogens with one attached hydrogen (secondary N) is 1. The van der Waals surface area contributed by atoms with Gasteiger partial charge in [-0.05, 0) is 0 Å². The molecule has 0 radical (unpaired) electrons. The van der Waals surface area contributed by atoms with Crippen molar-refractivity contribution in [2.75, 3.05) is 37.6 Å². The van der Waals surface area contributed by atoms with Gasteiger partial charge < -0.3 is 15.1 Å². The molecule has 6 nitrogen and oxygen atoms in total. The van der Waals surface area contributed by atoms with Crippen LogP contribution in [0.1, 0.15) is 0 Å². The Balaban J connectivity index is 1.37. The van der Waals surface area contributed by atoms with Crippen molar-refractivity contribution in [3.8, 4) is 11.3 Å². The van der Waals surface area contributed by atoms with E-state index in [-0.39, 0.29) is 6.03 Å². The summed E-state index contributed by atoms with van der Waals surface area (Å²) in [4.78, 5) is 25.5. The van der Waals surface area contributed by atoms with Crippen LogP contribution in [-0.4, -0.2) is 53.6 Å². The minimum Gasteiger partial charge on any atom is -0.355 e. The molecule has 2 aliphatic heterocycles. The second-order valence-electron chi connectivity index (χ2n) is 6.93. The van der Waals surface area contributed by atoms with Crippen molar-refractivity contribution in [3.05, 3.63) is 55.4 Å². The first-order valence-corrected chi connectivity index (χ1v) is 9.00. The molecular formula is C20H23N5O. The van der Waals surface area contributed by atoms with Crippen LogP contribution in [0.15, 0.2) is 55.4 Å². The number of nitrogens with zero attached hydrogens (tertiary/aromatic N) is 4. The quantitative estimate of drug-likeness (QED) is 0.861. The number of urea groups is 1. The predicted octanol–water partition coefficient (Wildman–Crippen LogP) is 2.41. The molecule has 2 amide bonds. The van der Waals surface area contributed by atoms with Gasteiger partial charge in [-0.25, -0.2) is 9.78 Å². The van der Waals surface area contributed by atoms with Gasteiger partial charge in [-0.15, -0.1) is 6.58 Å². The van der Waals surface area contributed by atoms with Gasteiger partial charge in [0, 0.05) is 50.1 Å². The Hall–Kier alpha value is -2.89. The van der Waals surface area contributed by atoms with E-state index in [1.165, 1.54) is 0 Å². The van der Waals surface area contributed by atoms with E-state index in [1.807, 2.05) is 47.6 Å². The van der Waals surface area contributed by atoms with Crippen molar-refractivity contribution < 1.29 is 4.79 Å². The highest BCUT2D eigenvalue weighted by atomic mass is 16.2. The Kier molecular flexibility index (Phi) is 4.56. The van der Waals surface area contributed by atoms with Crippen molar-refractivity contribution in [3.63, 3.8) is 0 Å². The molecule has 26 heavy (non-hydrogen) atoms. The molecule has 2 unspecified atom stereocenters. The van der Waals surface area contributed by atoms with E-state index in [9.17, 15) is 4.79 Å². The van der Waals surface area contributed by atoms with Crippen molar-refractivity contribution in [2.45, 2.75) is 0 Å². The van der Waals surface area contributed by atoms with Crippen LogP contribution >= 0.6 is 0 Å². The van der Waals surface area contributed by atoms with Crippen LogP contribution in [0.4, 0.5) is 10.6 Å². The summed E-state index contributed by atoms with van der Waals surface area (Å²) < 4.78 is 0. The molecular weight excluding hydrogens is 326 g/mol. The lowest BCUT2D eigenvalue weighted by Gasteiger charge is -2.22. The second-order valence-corrected chi connectivity index (χ2v) is 6.93. The molecule has 6 heteroatoms. The van der Waals surface area contributed by atoms with Gasteiger partial charge in [0.1, 0.15) is 5.82 Å². The summed E-state index contributed by atoms with van der Waals surface area (Å²) >= 11 is 0. The number of benzene rings is 1. The number of rotatable bonds is 4. The van der Waals surface area contributed by atoms with Crippen LogP contribution in [0, 0.1) is 11.8 Å². The highest BCUT2D eigenvalue weighted by Gasteiger charge is 2.41. The number of carbonyl (C=O) groups is 1. The topological polar surface area (TPSA) is 61.4 Å². The molecule has 0 spiro atoms. The highest BCUT2D eigenvalue weighted by molar-refractivity contribution is 5.74. The molecule has 1 N–H and O–H groups in total. The SMILES string of the molecule is C=CCNC(=O)N1CC2CN(c3cnc(-c4ccccc4)cn3)CC2C1. The van der Waals surface area contributed by atoms with Crippen LogP contribution in [0.3, 0.4) is 0 Å². The number of anilines is 1. The lowest BCUT2D eigenvalue weighted by molar-refractivity contribution is 0.207. The molecule has 2 fully saturated rings. The molecule has 2 atom stereocenters. The molecule has 3 heterocycles. The third kappa shape index (κ3) is 3.27. The lowest BCUT2D eigenvalue weighted by atomic mass is 10.0. The Morgan fingerprint density at radius 3 is 2.46 bits per heavy atom. The molecule has 2 aromatic rings.